The van der Waals surface area contributed by atoms with Crippen molar-refractivity contribution in [3.05, 3.63) is 121 Å². The van der Waals surface area contributed by atoms with E-state index in [1.807, 2.05) is 34.2 Å². The SMILES string of the molecule is COC[C@H]1CCCN1c1nc(-n2cc(C3CN(c4nc(-n5cccn5)nc(Nc5cnccn5)c4F)Cc4ccccc43)cn2)nc(Nc2cnccn2)c1F. The summed E-state index contributed by atoms with van der Waals surface area (Å²) in [4.78, 5) is 38.8. The topological polar surface area (TPSA) is 179 Å². The molecule has 0 saturated carbocycles. The molecule has 8 heterocycles. The molecule has 0 bridgehead atoms. The van der Waals surface area contributed by atoms with Gasteiger partial charge < -0.3 is 25.2 Å². The fraction of sp³-hybridized carbons (Fsp3) is 0.243. The van der Waals surface area contributed by atoms with Crippen molar-refractivity contribution in [3.8, 4) is 11.9 Å². The Labute approximate surface area is 318 Å². The monoisotopic (exact) mass is 756 g/mol. The Balaban J connectivity index is 1.09. The molecule has 2 N–H and O–H groups in total. The number of nitrogens with zero attached hydrogens (tertiary/aromatic N) is 14. The van der Waals surface area contributed by atoms with Gasteiger partial charge in [0.15, 0.2) is 23.3 Å². The van der Waals surface area contributed by atoms with Crippen molar-refractivity contribution in [2.45, 2.75) is 31.3 Å². The second-order valence-electron chi connectivity index (χ2n) is 13.2. The van der Waals surface area contributed by atoms with Crippen LogP contribution in [0.4, 0.5) is 43.7 Å². The quantitative estimate of drug-likeness (QED) is 0.185. The number of ether oxygens (including phenoxy) is 1. The van der Waals surface area contributed by atoms with E-state index in [0.717, 1.165) is 29.5 Å². The third kappa shape index (κ3) is 6.79. The number of benzene rings is 1. The van der Waals surface area contributed by atoms with Crippen LogP contribution in [-0.4, -0.2) is 92.3 Å². The van der Waals surface area contributed by atoms with Gasteiger partial charge in [0.1, 0.15) is 11.6 Å². The highest BCUT2D eigenvalue weighted by Gasteiger charge is 2.33. The average molecular weight is 757 g/mol. The number of fused-ring (bicyclic) bond motifs is 1. The zero-order chi connectivity index (χ0) is 38.0. The van der Waals surface area contributed by atoms with Gasteiger partial charge in [-0.25, -0.2) is 19.3 Å². The molecule has 0 amide bonds. The second kappa shape index (κ2) is 15.0. The first kappa shape index (κ1) is 34.7. The molecule has 0 radical (unpaired) electrons. The molecule has 1 saturated heterocycles. The van der Waals surface area contributed by atoms with Gasteiger partial charge in [0.2, 0.25) is 11.6 Å². The third-order valence-electron chi connectivity index (χ3n) is 9.68. The lowest BCUT2D eigenvalue weighted by Gasteiger charge is -2.35. The Kier molecular flexibility index (Phi) is 9.31. The van der Waals surface area contributed by atoms with Crippen LogP contribution in [0.25, 0.3) is 11.9 Å². The molecule has 1 fully saturated rings. The minimum Gasteiger partial charge on any atom is -0.383 e. The van der Waals surface area contributed by atoms with Crippen molar-refractivity contribution >= 4 is 34.9 Å². The summed E-state index contributed by atoms with van der Waals surface area (Å²) >= 11 is 0. The Morgan fingerprint density at radius 3 is 2.20 bits per heavy atom. The maximum Gasteiger partial charge on any atom is 0.254 e. The van der Waals surface area contributed by atoms with Crippen LogP contribution >= 0.6 is 0 Å². The maximum atomic E-state index is 16.6. The molecule has 6 aromatic heterocycles. The van der Waals surface area contributed by atoms with E-state index >= 15 is 8.78 Å². The highest BCUT2D eigenvalue weighted by atomic mass is 19.1. The summed E-state index contributed by atoms with van der Waals surface area (Å²) in [5, 5.41) is 14.9. The molecule has 1 unspecified atom stereocenters. The van der Waals surface area contributed by atoms with E-state index in [4.69, 9.17) is 9.72 Å². The van der Waals surface area contributed by atoms with Gasteiger partial charge in [0, 0.05) is 76.0 Å². The zero-order valence-electron chi connectivity index (χ0n) is 30.0. The predicted octanol–water partition coefficient (Wildman–Crippen LogP) is 4.75. The Hall–Kier alpha value is -7.02. The smallest absolute Gasteiger partial charge is 0.254 e. The van der Waals surface area contributed by atoms with Gasteiger partial charge in [-0.15, -0.1) is 0 Å². The maximum absolute atomic E-state index is 16.6. The van der Waals surface area contributed by atoms with Crippen LogP contribution in [0.2, 0.25) is 0 Å². The van der Waals surface area contributed by atoms with Crippen molar-refractivity contribution < 1.29 is 13.5 Å². The van der Waals surface area contributed by atoms with E-state index in [1.54, 1.807) is 31.8 Å². The average Bonchev–Trinajstić information content (AvgIpc) is 4.04. The Bertz CT molecular complexity index is 2450. The lowest BCUT2D eigenvalue weighted by atomic mass is 9.86. The Morgan fingerprint density at radius 1 is 0.786 bits per heavy atom. The van der Waals surface area contributed by atoms with Crippen molar-refractivity contribution in [3.63, 3.8) is 0 Å². The molecule has 17 nitrogen and oxygen atoms in total. The van der Waals surface area contributed by atoms with E-state index in [2.05, 4.69) is 61.8 Å². The fourth-order valence-corrected chi connectivity index (χ4v) is 7.13. The number of aromatic nitrogens is 12. The van der Waals surface area contributed by atoms with Crippen molar-refractivity contribution in [1.82, 2.24) is 59.4 Å². The van der Waals surface area contributed by atoms with Crippen LogP contribution in [0, 0.1) is 11.6 Å². The molecular weight excluding hydrogens is 723 g/mol. The van der Waals surface area contributed by atoms with Crippen LogP contribution in [0.3, 0.4) is 0 Å². The minimum atomic E-state index is -0.663. The minimum absolute atomic E-state index is 0.0631. The van der Waals surface area contributed by atoms with E-state index in [1.165, 1.54) is 46.5 Å². The number of nitrogens with one attached hydrogen (secondary N) is 2. The van der Waals surface area contributed by atoms with Gasteiger partial charge in [0.05, 0.1) is 31.2 Å². The highest BCUT2D eigenvalue weighted by Crippen LogP contribution is 2.38. The number of anilines is 6. The second-order valence-corrected chi connectivity index (χ2v) is 13.2. The summed E-state index contributed by atoms with van der Waals surface area (Å²) in [7, 11) is 1.63. The summed E-state index contributed by atoms with van der Waals surface area (Å²) in [5.41, 5.74) is 2.83. The lowest BCUT2D eigenvalue weighted by molar-refractivity contribution is 0.180. The molecule has 0 spiro atoms. The first-order valence-corrected chi connectivity index (χ1v) is 17.9. The molecule has 2 atom stereocenters. The van der Waals surface area contributed by atoms with E-state index in [-0.39, 0.29) is 47.1 Å². The molecule has 282 valence electrons. The van der Waals surface area contributed by atoms with Crippen molar-refractivity contribution in [2.75, 3.05) is 47.2 Å². The van der Waals surface area contributed by atoms with Gasteiger partial charge in [-0.2, -0.15) is 38.9 Å². The molecule has 9 rings (SSSR count). The van der Waals surface area contributed by atoms with E-state index in [0.29, 0.717) is 37.9 Å². The number of hydrogen-bond acceptors (Lipinski definition) is 15. The first-order valence-electron chi connectivity index (χ1n) is 17.9. The molecule has 56 heavy (non-hydrogen) atoms. The van der Waals surface area contributed by atoms with Crippen LogP contribution in [0.1, 0.15) is 35.4 Å². The summed E-state index contributed by atoms with van der Waals surface area (Å²) in [6, 6.07) is 9.66. The zero-order valence-corrected chi connectivity index (χ0v) is 30.0. The van der Waals surface area contributed by atoms with Crippen LogP contribution in [0.15, 0.2) is 92.3 Å². The summed E-state index contributed by atoms with van der Waals surface area (Å²) in [6.07, 6.45) is 17.5. The molecule has 2 aliphatic rings. The molecule has 19 heteroatoms. The van der Waals surface area contributed by atoms with E-state index < -0.39 is 11.6 Å². The van der Waals surface area contributed by atoms with Crippen molar-refractivity contribution in [2.24, 2.45) is 0 Å². The van der Waals surface area contributed by atoms with Gasteiger partial charge in [-0.05, 0) is 35.6 Å². The van der Waals surface area contributed by atoms with Gasteiger partial charge in [0.25, 0.3) is 11.9 Å². The fourth-order valence-electron chi connectivity index (χ4n) is 7.13. The largest absolute Gasteiger partial charge is 0.383 e. The summed E-state index contributed by atoms with van der Waals surface area (Å²) < 4.78 is 41.3. The lowest BCUT2D eigenvalue weighted by Crippen LogP contribution is -2.35. The van der Waals surface area contributed by atoms with Crippen LogP contribution in [0.5, 0.6) is 0 Å². The molecule has 2 aliphatic heterocycles. The predicted molar refractivity (Wildman–Crippen MR) is 200 cm³/mol. The first-order chi connectivity index (χ1) is 27.5. The number of methoxy groups -OCH3 is 1. The van der Waals surface area contributed by atoms with E-state index in [9.17, 15) is 0 Å². The number of hydrogen-bond donors (Lipinski definition) is 2. The van der Waals surface area contributed by atoms with Crippen LogP contribution < -0.4 is 20.4 Å². The van der Waals surface area contributed by atoms with Gasteiger partial charge in [-0.1, -0.05) is 24.3 Å². The Morgan fingerprint density at radius 2 is 1.50 bits per heavy atom. The molecular formula is C37H34F2N16O. The van der Waals surface area contributed by atoms with Gasteiger partial charge in [-0.3, -0.25) is 9.97 Å². The molecule has 1 aromatic carbocycles. The van der Waals surface area contributed by atoms with Gasteiger partial charge >= 0.3 is 0 Å². The summed E-state index contributed by atoms with van der Waals surface area (Å²) in [5.74, 6) is -0.563. The number of rotatable bonds is 11. The standard InChI is InChI=1S/C37H34F2N16O/c1-56-22-25-7-4-14-53(25)35-31(39)33(47-29-18-41-11-13-43-29)49-37(51-35)55-20-24(16-45-55)27-21-52(19-23-6-2-3-8-26(23)27)34-30(38)32(46-28-17-40-10-12-42-28)48-36(50-34)54-15-5-9-44-54/h2-3,5-6,8-13,15-18,20,25,27H,4,7,14,19,21-22H2,1H3,(H,42,46,48,50)(H,43,47,49,51)/t25-,27?/m1/s1. The molecule has 7 aromatic rings. The molecule has 0 aliphatic carbocycles. The summed E-state index contributed by atoms with van der Waals surface area (Å²) in [6.45, 7) is 1.73. The normalized spacial score (nSPS) is 16.6. The highest BCUT2D eigenvalue weighted by molar-refractivity contribution is 5.62. The van der Waals surface area contributed by atoms with Crippen LogP contribution in [-0.2, 0) is 11.3 Å². The van der Waals surface area contributed by atoms with Crippen molar-refractivity contribution in [1.29, 1.82) is 0 Å². The third-order valence-corrected chi connectivity index (χ3v) is 9.68. The number of halogens is 2.